The van der Waals surface area contributed by atoms with Gasteiger partial charge < -0.3 is 10.2 Å². The van der Waals surface area contributed by atoms with E-state index < -0.39 is 0 Å². The van der Waals surface area contributed by atoms with E-state index in [1.807, 2.05) is 12.1 Å². The minimum Gasteiger partial charge on any atom is -0.332 e. The van der Waals surface area contributed by atoms with Gasteiger partial charge in [-0.2, -0.15) is 0 Å². The molecule has 0 fully saturated rings. The normalized spacial score (nSPS) is 10.2. The molecule has 0 heterocycles. The molecule has 0 saturated heterocycles. The lowest BCUT2D eigenvalue weighted by Gasteiger charge is -2.17. The number of aryl methyl sites for hydroxylation is 1. The van der Waals surface area contributed by atoms with Crippen LogP contribution in [0.4, 0.5) is 5.69 Å². The first-order valence-corrected chi connectivity index (χ1v) is 7.78. The van der Waals surface area contributed by atoms with Gasteiger partial charge in [-0.25, -0.2) is 0 Å². The average molecular weight is 331 g/mol. The fourth-order valence-corrected chi connectivity index (χ4v) is 2.33. The van der Waals surface area contributed by atoms with Gasteiger partial charge in [0.1, 0.15) is 0 Å². The van der Waals surface area contributed by atoms with Crippen LogP contribution in [0.5, 0.6) is 0 Å². The second-order valence-electron chi connectivity index (χ2n) is 5.24. The van der Waals surface area contributed by atoms with Crippen LogP contribution in [0.25, 0.3) is 0 Å². The monoisotopic (exact) mass is 330 g/mol. The van der Waals surface area contributed by atoms with Crippen molar-refractivity contribution < 1.29 is 9.59 Å². The fourth-order valence-electron chi connectivity index (χ4n) is 2.14. The third-order valence-corrected chi connectivity index (χ3v) is 3.81. The number of nitrogens with zero attached hydrogens (tertiary/aromatic N) is 1. The molecule has 2 rings (SSSR count). The predicted octanol–water partition coefficient (Wildman–Crippen LogP) is 3.61. The third kappa shape index (κ3) is 4.57. The number of amides is 2. The number of nitrogens with one attached hydrogen (secondary N) is 1. The second-order valence-corrected chi connectivity index (χ2v) is 5.65. The zero-order valence-corrected chi connectivity index (χ0v) is 13.9. The standard InChI is InChI=1S/C18H19ClN2O2/c1-3-13-8-10-14(11-9-13)18(23)21(2)12-17(22)20-16-7-5-4-6-15(16)19/h4-11H,3,12H2,1-2H3,(H,20,22). The molecular weight excluding hydrogens is 312 g/mol. The van der Waals surface area contributed by atoms with Gasteiger partial charge in [-0.1, -0.05) is 42.8 Å². The lowest BCUT2D eigenvalue weighted by molar-refractivity contribution is -0.116. The van der Waals surface area contributed by atoms with Crippen molar-refractivity contribution in [3.05, 3.63) is 64.7 Å². The molecule has 0 aliphatic heterocycles. The zero-order chi connectivity index (χ0) is 16.8. The minimum atomic E-state index is -0.292. The van der Waals surface area contributed by atoms with Gasteiger partial charge in [0.05, 0.1) is 17.3 Å². The van der Waals surface area contributed by atoms with Gasteiger partial charge in [-0.15, -0.1) is 0 Å². The van der Waals surface area contributed by atoms with Crippen LogP contribution < -0.4 is 5.32 Å². The first kappa shape index (κ1) is 17.0. The molecule has 23 heavy (non-hydrogen) atoms. The van der Waals surface area contributed by atoms with Crippen LogP contribution in [0.3, 0.4) is 0 Å². The maximum absolute atomic E-state index is 12.3. The predicted molar refractivity (Wildman–Crippen MR) is 92.9 cm³/mol. The Morgan fingerprint density at radius 3 is 2.35 bits per heavy atom. The topological polar surface area (TPSA) is 49.4 Å². The lowest BCUT2D eigenvalue weighted by Crippen LogP contribution is -2.35. The van der Waals surface area contributed by atoms with Gasteiger partial charge in [0.2, 0.25) is 5.91 Å². The number of anilines is 1. The van der Waals surface area contributed by atoms with Crippen molar-refractivity contribution in [2.24, 2.45) is 0 Å². The highest BCUT2D eigenvalue weighted by Gasteiger charge is 2.15. The van der Waals surface area contributed by atoms with Crippen molar-refractivity contribution in [2.75, 3.05) is 18.9 Å². The Morgan fingerprint density at radius 2 is 1.74 bits per heavy atom. The summed E-state index contributed by atoms with van der Waals surface area (Å²) >= 11 is 6.00. The second kappa shape index (κ2) is 7.79. The van der Waals surface area contributed by atoms with E-state index in [-0.39, 0.29) is 18.4 Å². The Hall–Kier alpha value is -2.33. The Balaban J connectivity index is 1.97. The van der Waals surface area contributed by atoms with Crippen molar-refractivity contribution in [2.45, 2.75) is 13.3 Å². The maximum atomic E-state index is 12.3. The Morgan fingerprint density at radius 1 is 1.09 bits per heavy atom. The van der Waals surface area contributed by atoms with E-state index in [2.05, 4.69) is 12.2 Å². The molecule has 0 bridgehead atoms. The van der Waals surface area contributed by atoms with Crippen molar-refractivity contribution >= 4 is 29.1 Å². The summed E-state index contributed by atoms with van der Waals surface area (Å²) in [4.78, 5) is 25.7. The fraction of sp³-hybridized carbons (Fsp3) is 0.222. The van der Waals surface area contributed by atoms with Crippen LogP contribution in [0, 0.1) is 0 Å². The number of carbonyl (C=O) groups is 2. The molecule has 4 nitrogen and oxygen atoms in total. The molecule has 0 spiro atoms. The number of carbonyl (C=O) groups excluding carboxylic acids is 2. The number of rotatable bonds is 5. The van der Waals surface area contributed by atoms with Crippen LogP contribution in [0.1, 0.15) is 22.8 Å². The summed E-state index contributed by atoms with van der Waals surface area (Å²) in [5.41, 5.74) is 2.27. The average Bonchev–Trinajstić information content (AvgIpc) is 2.56. The number of likely N-dealkylation sites (N-methyl/N-ethyl adjacent to an activating group) is 1. The molecule has 120 valence electrons. The van der Waals surface area contributed by atoms with Gasteiger partial charge in [0.25, 0.3) is 5.91 Å². The number of para-hydroxylation sites is 1. The molecule has 0 atom stereocenters. The zero-order valence-electron chi connectivity index (χ0n) is 13.2. The van der Waals surface area contributed by atoms with E-state index in [4.69, 9.17) is 11.6 Å². The number of hydrogen-bond acceptors (Lipinski definition) is 2. The summed E-state index contributed by atoms with van der Waals surface area (Å²) in [6.45, 7) is 2.02. The lowest BCUT2D eigenvalue weighted by atomic mass is 10.1. The molecule has 2 amide bonds. The highest BCUT2D eigenvalue weighted by Crippen LogP contribution is 2.20. The van der Waals surface area contributed by atoms with Gasteiger partial charge in [0, 0.05) is 12.6 Å². The van der Waals surface area contributed by atoms with E-state index in [1.165, 1.54) is 10.5 Å². The van der Waals surface area contributed by atoms with E-state index in [9.17, 15) is 9.59 Å². The minimum absolute atomic E-state index is 0.0421. The van der Waals surface area contributed by atoms with Gasteiger partial charge in [0.15, 0.2) is 0 Å². The van der Waals surface area contributed by atoms with Crippen molar-refractivity contribution in [1.82, 2.24) is 4.90 Å². The van der Waals surface area contributed by atoms with Crippen LogP contribution in [0.2, 0.25) is 5.02 Å². The quantitative estimate of drug-likeness (QED) is 0.910. The SMILES string of the molecule is CCc1ccc(C(=O)N(C)CC(=O)Nc2ccccc2Cl)cc1. The summed E-state index contributed by atoms with van der Waals surface area (Å²) in [5.74, 6) is -0.485. The summed E-state index contributed by atoms with van der Waals surface area (Å²) in [7, 11) is 1.60. The molecular formula is C18H19ClN2O2. The molecule has 0 aliphatic rings. The van der Waals surface area contributed by atoms with Crippen molar-refractivity contribution in [1.29, 1.82) is 0 Å². The summed E-state index contributed by atoms with van der Waals surface area (Å²) < 4.78 is 0. The molecule has 1 N–H and O–H groups in total. The van der Waals surface area contributed by atoms with Crippen LogP contribution in [-0.2, 0) is 11.2 Å². The van der Waals surface area contributed by atoms with E-state index in [0.29, 0.717) is 16.3 Å². The summed E-state index contributed by atoms with van der Waals surface area (Å²) in [5, 5.41) is 3.16. The van der Waals surface area contributed by atoms with Gasteiger partial charge >= 0.3 is 0 Å². The Labute approximate surface area is 141 Å². The van der Waals surface area contributed by atoms with Crippen LogP contribution in [-0.4, -0.2) is 30.3 Å². The van der Waals surface area contributed by atoms with Gasteiger partial charge in [-0.3, -0.25) is 9.59 Å². The highest BCUT2D eigenvalue weighted by atomic mass is 35.5. The molecule has 2 aromatic rings. The third-order valence-electron chi connectivity index (χ3n) is 3.48. The maximum Gasteiger partial charge on any atom is 0.254 e. The molecule has 0 unspecified atom stereocenters. The molecule has 0 saturated carbocycles. The van der Waals surface area contributed by atoms with Gasteiger partial charge in [-0.05, 0) is 36.2 Å². The number of benzene rings is 2. The number of halogens is 1. The van der Waals surface area contributed by atoms with E-state index in [0.717, 1.165) is 6.42 Å². The molecule has 0 aliphatic carbocycles. The summed E-state index contributed by atoms with van der Waals surface area (Å²) in [6, 6.07) is 14.4. The number of hydrogen-bond donors (Lipinski definition) is 1. The molecule has 5 heteroatoms. The molecule has 2 aromatic carbocycles. The van der Waals surface area contributed by atoms with E-state index >= 15 is 0 Å². The Bertz CT molecular complexity index is 698. The smallest absolute Gasteiger partial charge is 0.254 e. The van der Waals surface area contributed by atoms with Crippen LogP contribution in [0.15, 0.2) is 48.5 Å². The van der Waals surface area contributed by atoms with Crippen molar-refractivity contribution in [3.63, 3.8) is 0 Å². The van der Waals surface area contributed by atoms with E-state index in [1.54, 1.807) is 43.4 Å². The van der Waals surface area contributed by atoms with Crippen molar-refractivity contribution in [3.8, 4) is 0 Å². The Kier molecular flexibility index (Phi) is 5.77. The highest BCUT2D eigenvalue weighted by molar-refractivity contribution is 6.33. The molecule has 0 radical (unpaired) electrons. The molecule has 0 aromatic heterocycles. The summed E-state index contributed by atoms with van der Waals surface area (Å²) in [6.07, 6.45) is 0.921. The first-order chi connectivity index (χ1) is 11.0. The largest absolute Gasteiger partial charge is 0.332 e. The van der Waals surface area contributed by atoms with Crippen LogP contribution >= 0.6 is 11.6 Å². The first-order valence-electron chi connectivity index (χ1n) is 7.40.